The van der Waals surface area contributed by atoms with Gasteiger partial charge in [0.25, 0.3) is 5.91 Å². The largest absolute Gasteiger partial charge is 0.482 e. The first kappa shape index (κ1) is 19.0. The first-order chi connectivity index (χ1) is 13.1. The molecule has 1 aliphatic rings. The average molecular weight is 370 g/mol. The fraction of sp³-hybridized carbons (Fsp3) is 0.333. The van der Waals surface area contributed by atoms with Gasteiger partial charge in [-0.25, -0.2) is 4.39 Å². The van der Waals surface area contributed by atoms with Crippen LogP contribution in [0.15, 0.2) is 42.5 Å². The average Bonchev–Trinajstić information content (AvgIpc) is 2.66. The molecular weight excluding hydrogens is 347 g/mol. The molecule has 0 spiro atoms. The number of amides is 1. The number of Topliss-reactive ketones (excluding diaryl/α,β-unsaturated/α-hetero) is 1. The zero-order chi connectivity index (χ0) is 19.1. The van der Waals surface area contributed by atoms with Crippen molar-refractivity contribution < 1.29 is 18.7 Å². The molecule has 5 nitrogen and oxygen atoms in total. The Morgan fingerprint density at radius 3 is 2.89 bits per heavy atom. The number of carbonyl (C=O) groups excluding carboxylic acids is 2. The van der Waals surface area contributed by atoms with Gasteiger partial charge in [-0.05, 0) is 68.2 Å². The maximum Gasteiger partial charge on any atom is 0.262 e. The molecule has 0 aromatic heterocycles. The van der Waals surface area contributed by atoms with Gasteiger partial charge >= 0.3 is 0 Å². The van der Waals surface area contributed by atoms with Crippen molar-refractivity contribution in [3.8, 4) is 5.75 Å². The highest BCUT2D eigenvalue weighted by Gasteiger charge is 2.17. The lowest BCUT2D eigenvalue weighted by Crippen LogP contribution is -2.25. The number of anilines is 1. The van der Waals surface area contributed by atoms with Gasteiger partial charge in [-0.3, -0.25) is 9.59 Å². The Balaban J connectivity index is 1.34. The summed E-state index contributed by atoms with van der Waals surface area (Å²) in [5.74, 6) is 0.224. The van der Waals surface area contributed by atoms with Crippen molar-refractivity contribution in [3.63, 3.8) is 0 Å². The van der Waals surface area contributed by atoms with Crippen LogP contribution in [0.5, 0.6) is 5.75 Å². The normalized spacial score (nSPS) is 12.9. The number of carbonyl (C=O) groups is 2. The van der Waals surface area contributed by atoms with Gasteiger partial charge < -0.3 is 15.4 Å². The minimum atomic E-state index is -0.212. The summed E-state index contributed by atoms with van der Waals surface area (Å²) >= 11 is 0. The van der Waals surface area contributed by atoms with Crippen LogP contribution in [0.2, 0.25) is 0 Å². The molecule has 2 N–H and O–H groups in total. The van der Waals surface area contributed by atoms with E-state index >= 15 is 0 Å². The maximum atomic E-state index is 13.1. The lowest BCUT2D eigenvalue weighted by atomic mass is 10.0. The highest BCUT2D eigenvalue weighted by atomic mass is 19.1. The van der Waals surface area contributed by atoms with E-state index in [-0.39, 0.29) is 24.1 Å². The molecule has 142 valence electrons. The number of hydrogen-bond donors (Lipinski definition) is 2. The van der Waals surface area contributed by atoms with Crippen LogP contribution in [-0.2, 0) is 11.2 Å². The van der Waals surface area contributed by atoms with E-state index in [9.17, 15) is 14.0 Å². The number of hydrogen-bond acceptors (Lipinski definition) is 4. The molecule has 0 saturated heterocycles. The van der Waals surface area contributed by atoms with Crippen LogP contribution in [0.1, 0.15) is 35.2 Å². The van der Waals surface area contributed by atoms with E-state index < -0.39 is 0 Å². The molecule has 1 aliphatic heterocycles. The number of unbranched alkanes of at least 4 members (excludes halogenated alkanes) is 1. The molecule has 1 amide bonds. The molecule has 0 bridgehead atoms. The summed E-state index contributed by atoms with van der Waals surface area (Å²) in [6.07, 6.45) is 2.91. The molecule has 0 aliphatic carbocycles. The minimum Gasteiger partial charge on any atom is -0.482 e. The lowest BCUT2D eigenvalue weighted by Gasteiger charge is -2.18. The topological polar surface area (TPSA) is 67.4 Å². The molecule has 1 heterocycles. The number of rotatable bonds is 9. The van der Waals surface area contributed by atoms with Crippen LogP contribution in [0.4, 0.5) is 10.1 Å². The molecule has 2 aromatic rings. The summed E-state index contributed by atoms with van der Waals surface area (Å²) in [7, 11) is 0. The molecule has 27 heavy (non-hydrogen) atoms. The Morgan fingerprint density at radius 1 is 1.15 bits per heavy atom. The Labute approximate surface area is 157 Å². The number of fused-ring (bicyclic) bond motifs is 1. The summed E-state index contributed by atoms with van der Waals surface area (Å²) in [6.45, 7) is 1.60. The smallest absolute Gasteiger partial charge is 0.262 e. The number of ketones is 1. The summed E-state index contributed by atoms with van der Waals surface area (Å²) in [5.41, 5.74) is 2.11. The molecule has 2 aromatic carbocycles. The summed E-state index contributed by atoms with van der Waals surface area (Å²) in [6, 6.07) is 11.7. The van der Waals surface area contributed by atoms with Gasteiger partial charge in [0.2, 0.25) is 0 Å². The van der Waals surface area contributed by atoms with E-state index in [1.165, 1.54) is 6.07 Å². The molecule has 0 atom stereocenters. The third kappa shape index (κ3) is 5.62. The number of halogens is 1. The Kier molecular flexibility index (Phi) is 6.54. The summed E-state index contributed by atoms with van der Waals surface area (Å²) in [5, 5.41) is 6.03. The third-order valence-corrected chi connectivity index (χ3v) is 4.42. The predicted molar refractivity (Wildman–Crippen MR) is 102 cm³/mol. The van der Waals surface area contributed by atoms with Gasteiger partial charge in [0, 0.05) is 12.0 Å². The van der Waals surface area contributed by atoms with Crippen LogP contribution in [0, 0.1) is 5.82 Å². The quantitative estimate of drug-likeness (QED) is 0.525. The Morgan fingerprint density at radius 2 is 2.04 bits per heavy atom. The molecule has 0 radical (unpaired) electrons. The molecular formula is C21H23FN2O3. The van der Waals surface area contributed by atoms with E-state index in [1.807, 2.05) is 6.07 Å². The van der Waals surface area contributed by atoms with Crippen LogP contribution in [-0.4, -0.2) is 31.4 Å². The van der Waals surface area contributed by atoms with Gasteiger partial charge in [0.1, 0.15) is 11.6 Å². The van der Waals surface area contributed by atoms with Gasteiger partial charge in [0.15, 0.2) is 12.4 Å². The van der Waals surface area contributed by atoms with Gasteiger partial charge in [0.05, 0.1) is 5.69 Å². The second-order valence-corrected chi connectivity index (χ2v) is 6.56. The van der Waals surface area contributed by atoms with E-state index in [1.54, 1.807) is 30.3 Å². The zero-order valence-electron chi connectivity index (χ0n) is 15.1. The fourth-order valence-corrected chi connectivity index (χ4v) is 2.99. The van der Waals surface area contributed by atoms with Gasteiger partial charge in [-0.15, -0.1) is 0 Å². The van der Waals surface area contributed by atoms with Gasteiger partial charge in [-0.1, -0.05) is 12.1 Å². The van der Waals surface area contributed by atoms with Crippen molar-refractivity contribution in [1.29, 1.82) is 0 Å². The second-order valence-electron chi connectivity index (χ2n) is 6.56. The Bertz CT molecular complexity index is 823. The Hall–Kier alpha value is -2.73. The molecule has 0 unspecified atom stereocenters. The van der Waals surface area contributed by atoms with Crippen LogP contribution >= 0.6 is 0 Å². The summed E-state index contributed by atoms with van der Waals surface area (Å²) < 4.78 is 18.4. The van der Waals surface area contributed by atoms with Crippen molar-refractivity contribution in [3.05, 3.63) is 59.4 Å². The van der Waals surface area contributed by atoms with E-state index in [2.05, 4.69) is 10.6 Å². The van der Waals surface area contributed by atoms with Crippen molar-refractivity contribution in [1.82, 2.24) is 5.32 Å². The molecule has 6 heteroatoms. The van der Waals surface area contributed by atoms with Crippen molar-refractivity contribution >= 4 is 17.4 Å². The maximum absolute atomic E-state index is 13.1. The highest BCUT2D eigenvalue weighted by Crippen LogP contribution is 2.28. The van der Waals surface area contributed by atoms with Gasteiger partial charge in [-0.2, -0.15) is 0 Å². The number of ether oxygens (including phenoxy) is 1. The lowest BCUT2D eigenvalue weighted by molar-refractivity contribution is -0.118. The molecule has 3 rings (SSSR count). The van der Waals surface area contributed by atoms with Crippen LogP contribution in [0.3, 0.4) is 0 Å². The first-order valence-corrected chi connectivity index (χ1v) is 9.17. The van der Waals surface area contributed by atoms with Crippen LogP contribution < -0.4 is 15.4 Å². The fourth-order valence-electron chi connectivity index (χ4n) is 2.99. The number of benzene rings is 2. The predicted octanol–water partition coefficient (Wildman–Crippen LogP) is 3.34. The number of nitrogens with one attached hydrogen (secondary N) is 2. The van der Waals surface area contributed by atoms with Crippen molar-refractivity contribution in [2.75, 3.05) is 25.0 Å². The first-order valence-electron chi connectivity index (χ1n) is 9.17. The van der Waals surface area contributed by atoms with E-state index in [4.69, 9.17) is 4.74 Å². The van der Waals surface area contributed by atoms with Crippen LogP contribution in [0.25, 0.3) is 0 Å². The zero-order valence-corrected chi connectivity index (χ0v) is 15.1. The van der Waals surface area contributed by atoms with E-state index in [0.29, 0.717) is 23.4 Å². The SMILES string of the molecule is O=C1COc2ccc(C(=O)CCCCNCCc3cccc(F)c3)cc2N1. The summed E-state index contributed by atoms with van der Waals surface area (Å²) in [4.78, 5) is 23.7. The standard InChI is InChI=1S/C21H23FN2O3/c22-17-5-3-4-15(12-17)9-11-23-10-2-1-6-19(25)16-7-8-20-18(13-16)24-21(26)14-27-20/h3-5,7-8,12-13,23H,1-2,6,9-11,14H2,(H,24,26). The highest BCUT2D eigenvalue weighted by molar-refractivity contribution is 6.00. The third-order valence-electron chi connectivity index (χ3n) is 4.42. The monoisotopic (exact) mass is 370 g/mol. The van der Waals surface area contributed by atoms with E-state index in [0.717, 1.165) is 37.9 Å². The van der Waals surface area contributed by atoms with Crippen molar-refractivity contribution in [2.45, 2.75) is 25.7 Å². The minimum absolute atomic E-state index is 0.00645. The molecule has 0 saturated carbocycles. The van der Waals surface area contributed by atoms with Crippen molar-refractivity contribution in [2.24, 2.45) is 0 Å². The molecule has 0 fully saturated rings. The second kappa shape index (κ2) is 9.28.